The van der Waals surface area contributed by atoms with Crippen molar-refractivity contribution in [1.29, 1.82) is 0 Å². The predicted molar refractivity (Wildman–Crippen MR) is 122 cm³/mol. The number of halogens is 1. The molecule has 0 amide bonds. The molecule has 154 valence electrons. The number of likely N-dealkylation sites (N-methyl/N-ethyl adjacent to an activating group) is 1. The summed E-state index contributed by atoms with van der Waals surface area (Å²) in [5.74, 6) is 1.76. The van der Waals surface area contributed by atoms with Gasteiger partial charge in [-0.25, -0.2) is 0 Å². The first kappa shape index (κ1) is 24.0. The van der Waals surface area contributed by atoms with Gasteiger partial charge in [-0.3, -0.25) is 4.99 Å². The van der Waals surface area contributed by atoms with Gasteiger partial charge in [0.05, 0.1) is 0 Å². The van der Waals surface area contributed by atoms with Gasteiger partial charge >= 0.3 is 0 Å². The second-order valence-electron chi connectivity index (χ2n) is 8.33. The first-order valence-corrected chi connectivity index (χ1v) is 10.2. The molecule has 0 aromatic rings. The smallest absolute Gasteiger partial charge is 0.191 e. The average Bonchev–Trinajstić information content (AvgIpc) is 2.59. The molecule has 2 saturated carbocycles. The van der Waals surface area contributed by atoms with Crippen LogP contribution < -0.4 is 10.6 Å². The summed E-state index contributed by atoms with van der Waals surface area (Å²) in [7, 11) is 8.10. The Labute approximate surface area is 178 Å². The van der Waals surface area contributed by atoms with Crippen LogP contribution >= 0.6 is 24.0 Å². The van der Waals surface area contributed by atoms with Crippen LogP contribution in [0.1, 0.15) is 57.8 Å². The number of nitrogens with zero attached hydrogens (tertiary/aromatic N) is 2. The van der Waals surface area contributed by atoms with Gasteiger partial charge in [0.25, 0.3) is 0 Å². The summed E-state index contributed by atoms with van der Waals surface area (Å²) in [5, 5.41) is 7.17. The van der Waals surface area contributed by atoms with Crippen LogP contribution in [-0.2, 0) is 4.74 Å². The lowest BCUT2D eigenvalue weighted by molar-refractivity contribution is 0.0732. The highest BCUT2D eigenvalue weighted by atomic mass is 127. The van der Waals surface area contributed by atoms with Gasteiger partial charge in [0.1, 0.15) is 0 Å². The van der Waals surface area contributed by atoms with Crippen LogP contribution in [0.5, 0.6) is 0 Å². The van der Waals surface area contributed by atoms with Crippen molar-refractivity contribution in [2.45, 2.75) is 63.8 Å². The number of aliphatic imine (C=N–C) groups is 1. The third-order valence-corrected chi connectivity index (χ3v) is 6.44. The monoisotopic (exact) mass is 480 g/mol. The third-order valence-electron chi connectivity index (χ3n) is 6.44. The van der Waals surface area contributed by atoms with Crippen molar-refractivity contribution in [2.24, 2.45) is 16.3 Å². The van der Waals surface area contributed by atoms with E-state index in [0.29, 0.717) is 11.5 Å². The minimum absolute atomic E-state index is 0. The Bertz CT molecular complexity index is 407. The average molecular weight is 480 g/mol. The van der Waals surface area contributed by atoms with Crippen molar-refractivity contribution in [3.63, 3.8) is 0 Å². The Morgan fingerprint density at radius 3 is 2.35 bits per heavy atom. The van der Waals surface area contributed by atoms with Crippen molar-refractivity contribution < 1.29 is 4.74 Å². The molecule has 0 spiro atoms. The zero-order chi connectivity index (χ0) is 18.1. The number of hydrogen-bond acceptors (Lipinski definition) is 3. The number of ether oxygens (including phenoxy) is 1. The van der Waals surface area contributed by atoms with E-state index >= 15 is 0 Å². The Kier molecular flexibility index (Phi) is 11.4. The van der Waals surface area contributed by atoms with Crippen LogP contribution in [-0.4, -0.2) is 64.9 Å². The van der Waals surface area contributed by atoms with Crippen molar-refractivity contribution in [2.75, 3.05) is 47.9 Å². The van der Waals surface area contributed by atoms with Gasteiger partial charge in [-0.2, -0.15) is 0 Å². The van der Waals surface area contributed by atoms with E-state index in [1.165, 1.54) is 51.4 Å². The molecule has 2 aliphatic carbocycles. The van der Waals surface area contributed by atoms with Gasteiger partial charge in [-0.05, 0) is 57.5 Å². The zero-order valence-corrected chi connectivity index (χ0v) is 19.7. The third kappa shape index (κ3) is 7.15. The summed E-state index contributed by atoms with van der Waals surface area (Å²) < 4.78 is 5.30. The second-order valence-corrected chi connectivity index (χ2v) is 8.33. The zero-order valence-electron chi connectivity index (χ0n) is 17.4. The normalized spacial score (nSPS) is 21.7. The van der Waals surface area contributed by atoms with Crippen molar-refractivity contribution in [1.82, 2.24) is 15.5 Å². The lowest BCUT2D eigenvalue weighted by Gasteiger charge is -2.42. The molecule has 2 fully saturated rings. The molecule has 1 unspecified atom stereocenters. The van der Waals surface area contributed by atoms with E-state index < -0.39 is 0 Å². The predicted octanol–water partition coefficient (Wildman–Crippen LogP) is 3.49. The molecule has 0 aliphatic heterocycles. The molecule has 0 bridgehead atoms. The van der Waals surface area contributed by atoms with Crippen LogP contribution in [0.2, 0.25) is 0 Å². The van der Waals surface area contributed by atoms with E-state index in [2.05, 4.69) is 34.6 Å². The highest BCUT2D eigenvalue weighted by Gasteiger charge is 2.36. The van der Waals surface area contributed by atoms with Gasteiger partial charge in [-0.15, -0.1) is 24.0 Å². The molecular weight excluding hydrogens is 439 g/mol. The first-order valence-electron chi connectivity index (χ1n) is 10.2. The minimum atomic E-state index is 0. The quantitative estimate of drug-likeness (QED) is 0.302. The molecule has 2 N–H and O–H groups in total. The van der Waals surface area contributed by atoms with E-state index in [1.54, 1.807) is 7.11 Å². The summed E-state index contributed by atoms with van der Waals surface area (Å²) >= 11 is 0. The van der Waals surface area contributed by atoms with Crippen LogP contribution in [0.3, 0.4) is 0 Å². The van der Waals surface area contributed by atoms with E-state index in [0.717, 1.165) is 38.0 Å². The van der Waals surface area contributed by atoms with Gasteiger partial charge in [0.15, 0.2) is 5.96 Å². The van der Waals surface area contributed by atoms with Gasteiger partial charge in [0.2, 0.25) is 0 Å². The maximum atomic E-state index is 5.30. The molecule has 6 heteroatoms. The highest BCUT2D eigenvalue weighted by molar-refractivity contribution is 14.0. The maximum absolute atomic E-state index is 5.30. The first-order chi connectivity index (χ1) is 12.1. The molecule has 5 nitrogen and oxygen atoms in total. The molecule has 1 atom stereocenters. The Balaban J connectivity index is 0.00000338. The van der Waals surface area contributed by atoms with Crippen LogP contribution in [0.25, 0.3) is 0 Å². The fraction of sp³-hybridized carbons (Fsp3) is 0.950. The summed E-state index contributed by atoms with van der Waals surface area (Å²) in [6.45, 7) is 2.84. The minimum Gasteiger partial charge on any atom is -0.385 e. The van der Waals surface area contributed by atoms with Crippen molar-refractivity contribution in [3.05, 3.63) is 0 Å². The van der Waals surface area contributed by atoms with Crippen LogP contribution in [0, 0.1) is 11.3 Å². The number of guanidine groups is 1. The van der Waals surface area contributed by atoms with E-state index in [-0.39, 0.29) is 24.0 Å². The van der Waals surface area contributed by atoms with Crippen molar-refractivity contribution >= 4 is 29.9 Å². The Morgan fingerprint density at radius 1 is 1.15 bits per heavy atom. The largest absolute Gasteiger partial charge is 0.385 e. The Hall–Kier alpha value is -0.0800. The SMILES string of the molecule is CN=C(NCC(C1CCCCC1)N(C)C)NCC1(CCOC)CCC1.I. The topological polar surface area (TPSA) is 48.9 Å². The van der Waals surface area contributed by atoms with E-state index in [1.807, 2.05) is 7.05 Å². The van der Waals surface area contributed by atoms with Gasteiger partial charge in [0, 0.05) is 39.9 Å². The lowest BCUT2D eigenvalue weighted by atomic mass is 9.67. The molecule has 0 heterocycles. The molecule has 0 aromatic heterocycles. The Morgan fingerprint density at radius 2 is 1.85 bits per heavy atom. The lowest BCUT2D eigenvalue weighted by Crippen LogP contribution is -2.51. The number of methoxy groups -OCH3 is 1. The summed E-state index contributed by atoms with van der Waals surface area (Å²) in [6, 6.07) is 0.588. The molecular formula is C20H41IN4O. The molecule has 0 radical (unpaired) electrons. The summed E-state index contributed by atoms with van der Waals surface area (Å²) in [6.07, 6.45) is 12.1. The number of nitrogens with one attached hydrogen (secondary N) is 2. The molecule has 2 rings (SSSR count). The van der Waals surface area contributed by atoms with E-state index in [9.17, 15) is 0 Å². The fourth-order valence-electron chi connectivity index (χ4n) is 4.49. The van der Waals surface area contributed by atoms with Gasteiger partial charge < -0.3 is 20.3 Å². The van der Waals surface area contributed by atoms with Crippen molar-refractivity contribution in [3.8, 4) is 0 Å². The summed E-state index contributed by atoms with van der Waals surface area (Å²) in [4.78, 5) is 6.84. The number of rotatable bonds is 9. The van der Waals surface area contributed by atoms with Gasteiger partial charge in [-0.1, -0.05) is 25.7 Å². The van der Waals surface area contributed by atoms with Crippen LogP contribution in [0.15, 0.2) is 4.99 Å². The van der Waals surface area contributed by atoms with E-state index in [4.69, 9.17) is 4.74 Å². The summed E-state index contributed by atoms with van der Waals surface area (Å²) in [5.41, 5.74) is 0.415. The molecule has 0 saturated heterocycles. The maximum Gasteiger partial charge on any atom is 0.191 e. The number of hydrogen-bond donors (Lipinski definition) is 2. The standard InChI is InChI=1S/C20H40N4O.HI/c1-21-19(23-16-20(11-8-12-20)13-14-25-4)22-15-18(24(2)3)17-9-6-5-7-10-17;/h17-18H,5-16H2,1-4H3,(H2,21,22,23);1H. The van der Waals surface area contributed by atoms with Crippen LogP contribution in [0.4, 0.5) is 0 Å². The molecule has 0 aromatic carbocycles. The fourth-order valence-corrected chi connectivity index (χ4v) is 4.49. The highest BCUT2D eigenvalue weighted by Crippen LogP contribution is 2.43. The molecule has 2 aliphatic rings. The second kappa shape index (κ2) is 12.4. The molecule has 26 heavy (non-hydrogen) atoms.